The number of thioether (sulfide) groups is 1. The molecule has 1 atom stereocenters. The first-order valence-corrected chi connectivity index (χ1v) is 8.83. The van der Waals surface area contributed by atoms with Crippen LogP contribution in [-0.4, -0.2) is 40.9 Å². The maximum Gasteiger partial charge on any atom is 0.224 e. The van der Waals surface area contributed by atoms with Crippen molar-refractivity contribution in [1.82, 2.24) is 10.2 Å². The fraction of sp³-hybridized carbons (Fsp3) is 0.562. The molecule has 1 saturated carbocycles. The third-order valence-electron chi connectivity index (χ3n) is 4.08. The van der Waals surface area contributed by atoms with Crippen molar-refractivity contribution in [3.05, 3.63) is 35.4 Å². The topological polar surface area (TPSA) is 32.3 Å². The molecule has 1 aromatic carbocycles. The van der Waals surface area contributed by atoms with Gasteiger partial charge in [0, 0.05) is 54.7 Å². The molecule has 3 nitrogen and oxygen atoms in total. The zero-order chi connectivity index (χ0) is 15.5. The predicted molar refractivity (Wildman–Crippen MR) is 90.9 cm³/mol. The molecule has 1 amide bonds. The zero-order valence-electron chi connectivity index (χ0n) is 12.8. The van der Waals surface area contributed by atoms with Crippen LogP contribution in [-0.2, 0) is 11.3 Å². The first-order chi connectivity index (χ1) is 10.6. The molecule has 2 aliphatic rings. The van der Waals surface area contributed by atoms with E-state index in [1.54, 1.807) is 4.90 Å². The summed E-state index contributed by atoms with van der Waals surface area (Å²) in [6.07, 6.45) is 2.40. The standard InChI is InChI=1S/C16H20F2N2OS.ClH/c17-12-2-1-11(15(18)7-12)9-20(14-3-4-14)16(21)8-13-10-22-6-5-19-13;/h1-2,7,13-14,19H,3-6,8-10H2;1H. The van der Waals surface area contributed by atoms with Gasteiger partial charge in [0.1, 0.15) is 11.6 Å². The van der Waals surface area contributed by atoms with Crippen LogP contribution in [0.1, 0.15) is 24.8 Å². The highest BCUT2D eigenvalue weighted by Gasteiger charge is 2.34. The number of halogens is 3. The summed E-state index contributed by atoms with van der Waals surface area (Å²) >= 11 is 1.85. The summed E-state index contributed by atoms with van der Waals surface area (Å²) in [5, 5.41) is 3.35. The van der Waals surface area contributed by atoms with Crippen LogP contribution in [0.15, 0.2) is 18.2 Å². The van der Waals surface area contributed by atoms with Gasteiger partial charge in [-0.05, 0) is 18.9 Å². The first-order valence-electron chi connectivity index (χ1n) is 7.68. The van der Waals surface area contributed by atoms with Gasteiger partial charge in [0.15, 0.2) is 0 Å². The highest BCUT2D eigenvalue weighted by molar-refractivity contribution is 7.99. The largest absolute Gasteiger partial charge is 0.335 e. The third-order valence-corrected chi connectivity index (χ3v) is 5.21. The number of hydrogen-bond donors (Lipinski definition) is 1. The second kappa shape index (κ2) is 8.31. The van der Waals surface area contributed by atoms with Crippen LogP contribution in [0, 0.1) is 11.6 Å². The Morgan fingerprint density at radius 2 is 2.13 bits per heavy atom. The third kappa shape index (κ3) is 5.06. The Balaban J connectivity index is 0.00000192. The van der Waals surface area contributed by atoms with Crippen molar-refractivity contribution in [2.24, 2.45) is 0 Å². The highest BCUT2D eigenvalue weighted by atomic mass is 35.5. The molecule has 1 heterocycles. The van der Waals surface area contributed by atoms with E-state index >= 15 is 0 Å². The molecule has 1 aliphatic heterocycles. The lowest BCUT2D eigenvalue weighted by Gasteiger charge is -2.27. The van der Waals surface area contributed by atoms with E-state index in [4.69, 9.17) is 0 Å². The molecule has 0 spiro atoms. The molecule has 7 heteroatoms. The van der Waals surface area contributed by atoms with E-state index in [2.05, 4.69) is 5.32 Å². The van der Waals surface area contributed by atoms with Crippen molar-refractivity contribution in [3.8, 4) is 0 Å². The van der Waals surface area contributed by atoms with Crippen molar-refractivity contribution < 1.29 is 13.6 Å². The number of nitrogens with zero attached hydrogens (tertiary/aromatic N) is 1. The van der Waals surface area contributed by atoms with Crippen LogP contribution in [0.5, 0.6) is 0 Å². The highest BCUT2D eigenvalue weighted by Crippen LogP contribution is 2.30. The van der Waals surface area contributed by atoms with Crippen LogP contribution >= 0.6 is 24.2 Å². The smallest absolute Gasteiger partial charge is 0.224 e. The Kier molecular flexibility index (Phi) is 6.68. The normalized spacial score (nSPS) is 20.7. The van der Waals surface area contributed by atoms with E-state index in [9.17, 15) is 13.6 Å². The van der Waals surface area contributed by atoms with Gasteiger partial charge in [-0.3, -0.25) is 4.79 Å². The average molecular weight is 363 g/mol. The number of hydrogen-bond acceptors (Lipinski definition) is 3. The minimum Gasteiger partial charge on any atom is -0.335 e. The molecule has 1 saturated heterocycles. The fourth-order valence-corrected chi connectivity index (χ4v) is 3.67. The van der Waals surface area contributed by atoms with E-state index in [0.29, 0.717) is 12.0 Å². The van der Waals surface area contributed by atoms with Crippen molar-refractivity contribution >= 4 is 30.1 Å². The second-order valence-corrected chi connectivity index (χ2v) is 7.07. The number of carbonyl (C=O) groups is 1. The lowest BCUT2D eigenvalue weighted by atomic mass is 10.1. The molecule has 128 valence electrons. The molecule has 0 aromatic heterocycles. The molecule has 2 fully saturated rings. The number of rotatable bonds is 5. The van der Waals surface area contributed by atoms with E-state index in [0.717, 1.165) is 37.0 Å². The average Bonchev–Trinajstić information content (AvgIpc) is 3.32. The van der Waals surface area contributed by atoms with Crippen LogP contribution in [0.4, 0.5) is 8.78 Å². The van der Waals surface area contributed by atoms with Crippen molar-refractivity contribution in [2.45, 2.75) is 37.9 Å². The second-order valence-electron chi connectivity index (χ2n) is 5.92. The molecule has 1 N–H and O–H groups in total. The van der Waals surface area contributed by atoms with Gasteiger partial charge in [-0.1, -0.05) is 6.07 Å². The van der Waals surface area contributed by atoms with E-state index < -0.39 is 11.6 Å². The van der Waals surface area contributed by atoms with E-state index in [-0.39, 0.29) is 36.9 Å². The van der Waals surface area contributed by atoms with Gasteiger partial charge in [0.25, 0.3) is 0 Å². The Hall–Kier alpha value is -0.850. The maximum absolute atomic E-state index is 13.8. The first kappa shape index (κ1) is 18.5. The van der Waals surface area contributed by atoms with E-state index in [1.807, 2.05) is 11.8 Å². The van der Waals surface area contributed by atoms with Gasteiger partial charge in [-0.25, -0.2) is 8.78 Å². The molecular formula is C16H21ClF2N2OS. The lowest BCUT2D eigenvalue weighted by molar-refractivity contribution is -0.132. The molecule has 0 radical (unpaired) electrons. The molecule has 1 aliphatic carbocycles. The minimum absolute atomic E-state index is 0. The molecule has 0 bridgehead atoms. The minimum atomic E-state index is -0.589. The van der Waals surface area contributed by atoms with Gasteiger partial charge in [-0.15, -0.1) is 12.4 Å². The van der Waals surface area contributed by atoms with Gasteiger partial charge >= 0.3 is 0 Å². The zero-order valence-corrected chi connectivity index (χ0v) is 14.4. The molecule has 1 aromatic rings. The summed E-state index contributed by atoms with van der Waals surface area (Å²) in [4.78, 5) is 14.3. The summed E-state index contributed by atoms with van der Waals surface area (Å²) < 4.78 is 26.8. The van der Waals surface area contributed by atoms with Crippen LogP contribution in [0.3, 0.4) is 0 Å². The fourth-order valence-electron chi connectivity index (χ4n) is 2.72. The Labute approximate surface area is 145 Å². The molecule has 23 heavy (non-hydrogen) atoms. The summed E-state index contributed by atoms with van der Waals surface area (Å²) in [5.41, 5.74) is 0.382. The van der Waals surface area contributed by atoms with Gasteiger partial charge in [0.2, 0.25) is 5.91 Å². The van der Waals surface area contributed by atoms with Gasteiger partial charge in [0.05, 0.1) is 0 Å². The summed E-state index contributed by atoms with van der Waals surface area (Å²) in [6.45, 7) is 1.16. The number of benzene rings is 1. The Morgan fingerprint density at radius 1 is 1.35 bits per heavy atom. The number of carbonyl (C=O) groups excluding carboxylic acids is 1. The molecule has 1 unspecified atom stereocenters. The van der Waals surface area contributed by atoms with E-state index in [1.165, 1.54) is 12.1 Å². The summed E-state index contributed by atoms with van der Waals surface area (Å²) in [6, 6.07) is 3.97. The van der Waals surface area contributed by atoms with Crippen molar-refractivity contribution in [3.63, 3.8) is 0 Å². The van der Waals surface area contributed by atoms with Crippen molar-refractivity contribution in [2.75, 3.05) is 18.1 Å². The quantitative estimate of drug-likeness (QED) is 0.874. The summed E-state index contributed by atoms with van der Waals surface area (Å²) in [5.74, 6) is 0.914. The van der Waals surface area contributed by atoms with Gasteiger partial charge in [-0.2, -0.15) is 11.8 Å². The van der Waals surface area contributed by atoms with Crippen LogP contribution in [0.2, 0.25) is 0 Å². The monoisotopic (exact) mass is 362 g/mol. The van der Waals surface area contributed by atoms with Gasteiger partial charge < -0.3 is 10.2 Å². The predicted octanol–water partition coefficient (Wildman–Crippen LogP) is 2.97. The maximum atomic E-state index is 13.8. The Morgan fingerprint density at radius 3 is 2.74 bits per heavy atom. The van der Waals surface area contributed by atoms with Crippen LogP contribution < -0.4 is 5.32 Å². The summed E-state index contributed by atoms with van der Waals surface area (Å²) in [7, 11) is 0. The molecule has 3 rings (SSSR count). The van der Waals surface area contributed by atoms with Crippen LogP contribution in [0.25, 0.3) is 0 Å². The lowest BCUT2D eigenvalue weighted by Crippen LogP contribution is -2.43. The van der Waals surface area contributed by atoms with Crippen molar-refractivity contribution in [1.29, 1.82) is 0 Å². The molecular weight excluding hydrogens is 342 g/mol. The number of amides is 1. The number of nitrogens with one attached hydrogen (secondary N) is 1. The SMILES string of the molecule is Cl.O=C(CC1CSCCN1)N(Cc1ccc(F)cc1F)C1CC1. The Bertz CT molecular complexity index is 551.